The Bertz CT molecular complexity index is 114. The van der Waals surface area contributed by atoms with Crippen LogP contribution in [0.25, 0.3) is 0 Å². The number of halogens is 2. The van der Waals surface area contributed by atoms with Crippen LogP contribution in [0.2, 0.25) is 0 Å². The van der Waals surface area contributed by atoms with Crippen LogP contribution in [0.3, 0.4) is 0 Å². The molecule has 0 aliphatic heterocycles. The zero-order valence-electron chi connectivity index (χ0n) is 5.14. The molecule has 1 nitrogen and oxygen atoms in total. The van der Waals surface area contributed by atoms with Crippen LogP contribution in [0.4, 0.5) is 0 Å². The van der Waals surface area contributed by atoms with Gasteiger partial charge in [-0.3, -0.25) is 0 Å². The summed E-state index contributed by atoms with van der Waals surface area (Å²) in [7, 11) is 0. The third-order valence-electron chi connectivity index (χ3n) is 1.41. The fourth-order valence-electron chi connectivity index (χ4n) is 0.867. The lowest BCUT2D eigenvalue weighted by atomic mass is 10.0. The van der Waals surface area contributed by atoms with Crippen molar-refractivity contribution in [1.82, 2.24) is 0 Å². The molecule has 0 spiro atoms. The van der Waals surface area contributed by atoms with Gasteiger partial charge >= 0.3 is 0 Å². The summed E-state index contributed by atoms with van der Waals surface area (Å²) in [6.07, 6.45) is 5.73. The van der Waals surface area contributed by atoms with Crippen LogP contribution in [0, 0.1) is 0 Å². The first-order valence-corrected chi connectivity index (χ1v) is 3.71. The second-order valence-corrected chi connectivity index (χ2v) is 3.04. The van der Waals surface area contributed by atoms with Crippen molar-refractivity contribution in [3.63, 3.8) is 0 Å². The first-order chi connectivity index (χ1) is 3.80. The number of hydrogen-bond donors (Lipinski definition) is 1. The quantitative estimate of drug-likeness (QED) is 0.655. The van der Waals surface area contributed by atoms with Crippen molar-refractivity contribution in [3.8, 4) is 0 Å². The molecule has 0 amide bonds. The topological polar surface area (TPSA) is 26.0 Å². The van der Waals surface area contributed by atoms with E-state index in [1.165, 1.54) is 17.3 Å². The summed E-state index contributed by atoms with van der Waals surface area (Å²) in [4.78, 5) is 0. The summed E-state index contributed by atoms with van der Waals surface area (Å²) < 4.78 is 1.18. The van der Waals surface area contributed by atoms with Gasteiger partial charge in [0.15, 0.2) is 0 Å². The molecule has 1 unspecified atom stereocenters. The molecular formula is C6H11BrClN. The van der Waals surface area contributed by atoms with E-state index in [-0.39, 0.29) is 18.4 Å². The molecular weight excluding hydrogens is 201 g/mol. The van der Waals surface area contributed by atoms with Crippen molar-refractivity contribution >= 4 is 28.3 Å². The smallest absolute Gasteiger partial charge is 0.0358 e. The molecule has 54 valence electrons. The number of allylic oxidation sites excluding steroid dienone is 1. The monoisotopic (exact) mass is 211 g/mol. The average molecular weight is 213 g/mol. The van der Waals surface area contributed by atoms with Gasteiger partial charge in [0.1, 0.15) is 0 Å². The summed E-state index contributed by atoms with van der Waals surface area (Å²) in [5, 5.41) is 0. The average Bonchev–Trinajstić information content (AvgIpc) is 1.77. The van der Waals surface area contributed by atoms with Gasteiger partial charge in [-0.25, -0.2) is 0 Å². The van der Waals surface area contributed by atoms with Gasteiger partial charge in [0.05, 0.1) is 0 Å². The van der Waals surface area contributed by atoms with Crippen LogP contribution in [-0.2, 0) is 0 Å². The Morgan fingerprint density at radius 1 is 1.67 bits per heavy atom. The molecule has 0 aromatic rings. The Hall–Kier alpha value is 0.470. The summed E-state index contributed by atoms with van der Waals surface area (Å²) in [6.45, 7) is 0. The lowest BCUT2D eigenvalue weighted by Crippen LogP contribution is -2.21. The Morgan fingerprint density at radius 2 is 2.33 bits per heavy atom. The summed E-state index contributed by atoms with van der Waals surface area (Å²) in [5.74, 6) is 0. The highest BCUT2D eigenvalue weighted by molar-refractivity contribution is 9.11. The van der Waals surface area contributed by atoms with E-state index < -0.39 is 0 Å². The molecule has 0 fully saturated rings. The molecule has 0 saturated carbocycles. The Morgan fingerprint density at radius 3 is 2.67 bits per heavy atom. The van der Waals surface area contributed by atoms with E-state index in [1.807, 2.05) is 0 Å². The second kappa shape index (κ2) is 4.31. The molecule has 1 atom stereocenters. The zero-order chi connectivity index (χ0) is 5.98. The number of hydrogen-bond acceptors (Lipinski definition) is 1. The van der Waals surface area contributed by atoms with Gasteiger partial charge in [-0.15, -0.1) is 12.4 Å². The minimum absolute atomic E-state index is 0. The Balaban J connectivity index is 0.000000640. The van der Waals surface area contributed by atoms with E-state index in [0.29, 0.717) is 0 Å². The van der Waals surface area contributed by atoms with Crippen LogP contribution >= 0.6 is 28.3 Å². The molecule has 3 heteroatoms. The molecule has 1 rings (SSSR count). The summed E-state index contributed by atoms with van der Waals surface area (Å²) in [6, 6.07) is 0.281. The van der Waals surface area contributed by atoms with Gasteiger partial charge < -0.3 is 5.73 Å². The molecule has 0 radical (unpaired) electrons. The molecule has 0 aromatic carbocycles. The second-order valence-electron chi connectivity index (χ2n) is 2.13. The Labute approximate surface area is 70.2 Å². The first kappa shape index (κ1) is 9.47. The maximum absolute atomic E-state index is 5.66. The third-order valence-corrected chi connectivity index (χ3v) is 2.32. The molecule has 2 N–H and O–H groups in total. The SMILES string of the molecule is Cl.NC1CCCC=C1Br. The first-order valence-electron chi connectivity index (χ1n) is 2.92. The molecule has 0 saturated heterocycles. The van der Waals surface area contributed by atoms with Crippen molar-refractivity contribution in [2.75, 3.05) is 0 Å². The highest BCUT2D eigenvalue weighted by atomic mass is 79.9. The largest absolute Gasteiger partial charge is 0.324 e. The normalized spacial score (nSPS) is 26.4. The standard InChI is InChI=1S/C6H10BrN.ClH/c7-5-3-1-2-4-6(5)8;/h3,6H,1-2,4,8H2;1H. The predicted molar refractivity (Wildman–Crippen MR) is 46.1 cm³/mol. The highest BCUT2D eigenvalue weighted by Gasteiger charge is 2.08. The van der Waals surface area contributed by atoms with Gasteiger partial charge in [0, 0.05) is 10.5 Å². The van der Waals surface area contributed by atoms with Gasteiger partial charge in [0.2, 0.25) is 0 Å². The number of rotatable bonds is 0. The van der Waals surface area contributed by atoms with Crippen molar-refractivity contribution in [3.05, 3.63) is 10.6 Å². The van der Waals surface area contributed by atoms with E-state index in [4.69, 9.17) is 5.73 Å². The van der Waals surface area contributed by atoms with Crippen molar-refractivity contribution < 1.29 is 0 Å². The lowest BCUT2D eigenvalue weighted by Gasteiger charge is -2.14. The molecule has 9 heavy (non-hydrogen) atoms. The van der Waals surface area contributed by atoms with Crippen molar-refractivity contribution in [1.29, 1.82) is 0 Å². The van der Waals surface area contributed by atoms with Crippen LogP contribution < -0.4 is 5.73 Å². The van der Waals surface area contributed by atoms with Crippen LogP contribution in [0.15, 0.2) is 10.6 Å². The van der Waals surface area contributed by atoms with E-state index >= 15 is 0 Å². The fraction of sp³-hybridized carbons (Fsp3) is 0.667. The summed E-state index contributed by atoms with van der Waals surface area (Å²) >= 11 is 3.39. The van der Waals surface area contributed by atoms with Crippen molar-refractivity contribution in [2.45, 2.75) is 25.3 Å². The van der Waals surface area contributed by atoms with Crippen LogP contribution in [0.5, 0.6) is 0 Å². The van der Waals surface area contributed by atoms with Gasteiger partial charge in [-0.05, 0) is 19.3 Å². The van der Waals surface area contributed by atoms with E-state index in [0.717, 1.165) is 6.42 Å². The zero-order valence-corrected chi connectivity index (χ0v) is 7.54. The third kappa shape index (κ3) is 2.70. The fourth-order valence-corrected chi connectivity index (χ4v) is 1.32. The molecule has 1 aliphatic carbocycles. The van der Waals surface area contributed by atoms with Gasteiger partial charge in [-0.1, -0.05) is 22.0 Å². The van der Waals surface area contributed by atoms with Gasteiger partial charge in [0.25, 0.3) is 0 Å². The van der Waals surface area contributed by atoms with Crippen LogP contribution in [-0.4, -0.2) is 6.04 Å². The maximum atomic E-state index is 5.66. The molecule has 0 heterocycles. The van der Waals surface area contributed by atoms with E-state index in [9.17, 15) is 0 Å². The maximum Gasteiger partial charge on any atom is 0.0358 e. The highest BCUT2D eigenvalue weighted by Crippen LogP contribution is 2.20. The van der Waals surface area contributed by atoms with Gasteiger partial charge in [-0.2, -0.15) is 0 Å². The minimum atomic E-state index is 0. The van der Waals surface area contributed by atoms with Crippen molar-refractivity contribution in [2.24, 2.45) is 5.73 Å². The van der Waals surface area contributed by atoms with E-state index in [1.54, 1.807) is 0 Å². The number of nitrogens with two attached hydrogens (primary N) is 1. The van der Waals surface area contributed by atoms with E-state index in [2.05, 4.69) is 22.0 Å². The summed E-state index contributed by atoms with van der Waals surface area (Å²) in [5.41, 5.74) is 5.66. The predicted octanol–water partition coefficient (Wildman–Crippen LogP) is 2.20. The minimum Gasteiger partial charge on any atom is -0.324 e. The molecule has 0 aromatic heterocycles. The molecule has 0 bridgehead atoms. The molecule has 1 aliphatic rings. The lowest BCUT2D eigenvalue weighted by molar-refractivity contribution is 0.639. The van der Waals surface area contributed by atoms with Crippen LogP contribution in [0.1, 0.15) is 19.3 Å². The Kier molecular flexibility index (Phi) is 4.54.